The lowest BCUT2D eigenvalue weighted by molar-refractivity contribution is 0.0730. The standard InChI is InChI=1S/C18H21N3O2/c22-18(14-5-2-1-3-6-14)21-12-4-7-15(21)10-11-16-19-17(23-20-16)13-8-9-13/h1-3,5-6,13,15H,4,7-12H2/t15-/m1/s1. The maximum absolute atomic E-state index is 12.6. The molecule has 1 aromatic carbocycles. The van der Waals surface area contributed by atoms with Gasteiger partial charge in [0.2, 0.25) is 5.89 Å². The largest absolute Gasteiger partial charge is 0.339 e. The van der Waals surface area contributed by atoms with Crippen molar-refractivity contribution < 1.29 is 9.32 Å². The quantitative estimate of drug-likeness (QED) is 0.851. The number of amides is 1. The SMILES string of the molecule is O=C(c1ccccc1)N1CCC[C@@H]1CCc1noc(C2CC2)n1. The summed E-state index contributed by atoms with van der Waals surface area (Å²) in [4.78, 5) is 19.1. The zero-order chi connectivity index (χ0) is 15.6. The third-order valence-electron chi connectivity index (χ3n) is 4.77. The van der Waals surface area contributed by atoms with Crippen molar-refractivity contribution in [2.24, 2.45) is 0 Å². The molecule has 0 bridgehead atoms. The summed E-state index contributed by atoms with van der Waals surface area (Å²) < 4.78 is 5.31. The molecule has 1 aliphatic carbocycles. The molecule has 2 aromatic rings. The van der Waals surface area contributed by atoms with E-state index in [4.69, 9.17) is 4.52 Å². The number of hydrogen-bond acceptors (Lipinski definition) is 4. The normalized spacial score (nSPS) is 20.9. The van der Waals surface area contributed by atoms with Crippen LogP contribution in [0.1, 0.15) is 60.1 Å². The van der Waals surface area contributed by atoms with Crippen molar-refractivity contribution >= 4 is 5.91 Å². The number of nitrogens with zero attached hydrogens (tertiary/aromatic N) is 3. The van der Waals surface area contributed by atoms with E-state index >= 15 is 0 Å². The van der Waals surface area contributed by atoms with Gasteiger partial charge in [0.15, 0.2) is 5.82 Å². The van der Waals surface area contributed by atoms with Crippen LogP contribution in [-0.2, 0) is 6.42 Å². The van der Waals surface area contributed by atoms with Crippen LogP contribution in [0.5, 0.6) is 0 Å². The average Bonchev–Trinajstić information content (AvgIpc) is 3.15. The smallest absolute Gasteiger partial charge is 0.254 e. The highest BCUT2D eigenvalue weighted by Gasteiger charge is 2.31. The van der Waals surface area contributed by atoms with Crippen LogP contribution in [0, 0.1) is 0 Å². The minimum absolute atomic E-state index is 0.139. The Morgan fingerprint density at radius 2 is 2.04 bits per heavy atom. The highest BCUT2D eigenvalue weighted by Crippen LogP contribution is 2.38. The fourth-order valence-corrected chi connectivity index (χ4v) is 3.31. The highest BCUT2D eigenvalue weighted by molar-refractivity contribution is 5.94. The lowest BCUT2D eigenvalue weighted by atomic mass is 10.1. The average molecular weight is 311 g/mol. The molecule has 1 atom stereocenters. The first-order valence-corrected chi connectivity index (χ1v) is 8.50. The highest BCUT2D eigenvalue weighted by atomic mass is 16.5. The van der Waals surface area contributed by atoms with Crippen LogP contribution in [0.2, 0.25) is 0 Å². The number of carbonyl (C=O) groups excluding carboxylic acids is 1. The van der Waals surface area contributed by atoms with Crippen LogP contribution in [0.15, 0.2) is 34.9 Å². The third kappa shape index (κ3) is 3.14. The predicted octanol–water partition coefficient (Wildman–Crippen LogP) is 3.18. The van der Waals surface area contributed by atoms with E-state index in [2.05, 4.69) is 10.1 Å². The zero-order valence-electron chi connectivity index (χ0n) is 13.1. The summed E-state index contributed by atoms with van der Waals surface area (Å²) in [5, 5.41) is 4.08. The molecule has 2 fully saturated rings. The monoisotopic (exact) mass is 311 g/mol. The molecule has 1 aromatic heterocycles. The molecule has 1 saturated carbocycles. The zero-order valence-corrected chi connectivity index (χ0v) is 13.1. The molecule has 1 saturated heterocycles. The Kier molecular flexibility index (Phi) is 3.85. The lowest BCUT2D eigenvalue weighted by Gasteiger charge is -2.24. The van der Waals surface area contributed by atoms with Crippen LogP contribution in [0.4, 0.5) is 0 Å². The Morgan fingerprint density at radius 3 is 2.83 bits per heavy atom. The molecule has 23 heavy (non-hydrogen) atoms. The van der Waals surface area contributed by atoms with Crippen LogP contribution in [0.3, 0.4) is 0 Å². The molecule has 0 unspecified atom stereocenters. The molecule has 4 rings (SSSR count). The summed E-state index contributed by atoms with van der Waals surface area (Å²) in [7, 11) is 0. The summed E-state index contributed by atoms with van der Waals surface area (Å²) in [6.07, 6.45) is 6.16. The Bertz CT molecular complexity index is 679. The molecule has 0 spiro atoms. The van der Waals surface area contributed by atoms with Gasteiger partial charge in [0.25, 0.3) is 5.91 Å². The van der Waals surface area contributed by atoms with E-state index in [1.165, 1.54) is 12.8 Å². The van der Waals surface area contributed by atoms with Crippen molar-refractivity contribution in [3.8, 4) is 0 Å². The van der Waals surface area contributed by atoms with Crippen LogP contribution in [-0.4, -0.2) is 33.5 Å². The Balaban J connectivity index is 1.38. The van der Waals surface area contributed by atoms with Gasteiger partial charge in [0, 0.05) is 30.5 Å². The summed E-state index contributed by atoms with van der Waals surface area (Å²) in [6.45, 7) is 0.845. The van der Waals surface area contributed by atoms with Crippen molar-refractivity contribution in [2.75, 3.05) is 6.54 Å². The number of hydrogen-bond donors (Lipinski definition) is 0. The van der Waals surface area contributed by atoms with E-state index < -0.39 is 0 Å². The second-order valence-corrected chi connectivity index (χ2v) is 6.52. The lowest BCUT2D eigenvalue weighted by Crippen LogP contribution is -2.35. The summed E-state index contributed by atoms with van der Waals surface area (Å²) in [6, 6.07) is 9.82. The molecule has 5 nitrogen and oxygen atoms in total. The second-order valence-electron chi connectivity index (χ2n) is 6.52. The van der Waals surface area contributed by atoms with Crippen molar-refractivity contribution in [1.29, 1.82) is 0 Å². The summed E-state index contributed by atoms with van der Waals surface area (Å²) in [5.41, 5.74) is 0.773. The summed E-state index contributed by atoms with van der Waals surface area (Å²) >= 11 is 0. The Hall–Kier alpha value is -2.17. The number of aryl methyl sites for hydroxylation is 1. The fraction of sp³-hybridized carbons (Fsp3) is 0.500. The molecular formula is C18H21N3O2. The summed E-state index contributed by atoms with van der Waals surface area (Å²) in [5.74, 6) is 2.22. The van der Waals surface area contributed by atoms with Gasteiger partial charge in [0.05, 0.1) is 0 Å². The molecule has 0 radical (unpaired) electrons. The van der Waals surface area contributed by atoms with Gasteiger partial charge in [-0.1, -0.05) is 23.4 Å². The number of aromatic nitrogens is 2. The van der Waals surface area contributed by atoms with Gasteiger partial charge in [-0.3, -0.25) is 4.79 Å². The van der Waals surface area contributed by atoms with Gasteiger partial charge >= 0.3 is 0 Å². The third-order valence-corrected chi connectivity index (χ3v) is 4.77. The van der Waals surface area contributed by atoms with Crippen LogP contribution in [0.25, 0.3) is 0 Å². The van der Waals surface area contributed by atoms with Crippen molar-refractivity contribution in [2.45, 2.75) is 50.5 Å². The van der Waals surface area contributed by atoms with Gasteiger partial charge in [0.1, 0.15) is 0 Å². The van der Waals surface area contributed by atoms with Gasteiger partial charge in [-0.25, -0.2) is 0 Å². The van der Waals surface area contributed by atoms with Gasteiger partial charge < -0.3 is 9.42 Å². The van der Waals surface area contributed by atoms with E-state index in [9.17, 15) is 4.79 Å². The van der Waals surface area contributed by atoms with E-state index in [-0.39, 0.29) is 11.9 Å². The van der Waals surface area contributed by atoms with Gasteiger partial charge in [-0.15, -0.1) is 0 Å². The topological polar surface area (TPSA) is 59.2 Å². The molecule has 0 N–H and O–H groups in total. The fourth-order valence-electron chi connectivity index (χ4n) is 3.31. The van der Waals surface area contributed by atoms with E-state index in [1.807, 2.05) is 35.2 Å². The Labute approximate surface area is 135 Å². The molecule has 120 valence electrons. The van der Waals surface area contributed by atoms with Gasteiger partial charge in [-0.05, 0) is 44.2 Å². The van der Waals surface area contributed by atoms with E-state index in [0.29, 0.717) is 5.92 Å². The molecule has 1 aliphatic heterocycles. The minimum Gasteiger partial charge on any atom is -0.339 e. The van der Waals surface area contributed by atoms with Crippen LogP contribution < -0.4 is 0 Å². The first kappa shape index (κ1) is 14.4. The first-order chi connectivity index (χ1) is 11.3. The molecular weight excluding hydrogens is 290 g/mol. The number of likely N-dealkylation sites (tertiary alicyclic amines) is 1. The predicted molar refractivity (Wildman–Crippen MR) is 85.1 cm³/mol. The maximum atomic E-state index is 12.6. The molecule has 2 aliphatic rings. The van der Waals surface area contributed by atoms with E-state index in [0.717, 1.165) is 49.5 Å². The van der Waals surface area contributed by atoms with Crippen molar-refractivity contribution in [1.82, 2.24) is 15.0 Å². The first-order valence-electron chi connectivity index (χ1n) is 8.50. The minimum atomic E-state index is 0.139. The van der Waals surface area contributed by atoms with Crippen LogP contribution >= 0.6 is 0 Å². The second kappa shape index (κ2) is 6.14. The van der Waals surface area contributed by atoms with Crippen molar-refractivity contribution in [3.63, 3.8) is 0 Å². The van der Waals surface area contributed by atoms with Gasteiger partial charge in [-0.2, -0.15) is 4.98 Å². The molecule has 1 amide bonds. The maximum Gasteiger partial charge on any atom is 0.254 e. The number of carbonyl (C=O) groups is 1. The Morgan fingerprint density at radius 1 is 1.22 bits per heavy atom. The molecule has 2 heterocycles. The molecule has 5 heteroatoms. The number of rotatable bonds is 5. The number of benzene rings is 1. The van der Waals surface area contributed by atoms with E-state index in [1.54, 1.807) is 0 Å². The van der Waals surface area contributed by atoms with Crippen molar-refractivity contribution in [3.05, 3.63) is 47.6 Å².